The molecule has 9 heteroatoms. The zero-order valence-corrected chi connectivity index (χ0v) is 11.3. The molecule has 2 heterocycles. The van der Waals surface area contributed by atoms with Gasteiger partial charge in [-0.05, 0) is 16.0 Å². The van der Waals surface area contributed by atoms with Crippen LogP contribution in [0.25, 0.3) is 0 Å². The highest BCUT2D eigenvalue weighted by Gasteiger charge is 2.09. The van der Waals surface area contributed by atoms with Crippen molar-refractivity contribution in [3.63, 3.8) is 0 Å². The molecule has 1 aromatic carbocycles. The lowest BCUT2D eigenvalue weighted by molar-refractivity contribution is 0.631. The highest BCUT2D eigenvalue weighted by molar-refractivity contribution is 7.98. The summed E-state index contributed by atoms with van der Waals surface area (Å²) in [4.78, 5) is 4.02. The number of nitrogens with two attached hydrogens (primary N) is 1. The van der Waals surface area contributed by atoms with Crippen molar-refractivity contribution < 1.29 is 0 Å². The van der Waals surface area contributed by atoms with Gasteiger partial charge in [-0.15, -0.1) is 10.2 Å². The van der Waals surface area contributed by atoms with E-state index < -0.39 is 0 Å². The number of benzene rings is 1. The van der Waals surface area contributed by atoms with Crippen LogP contribution in [0.1, 0.15) is 11.4 Å². The lowest BCUT2D eigenvalue weighted by Gasteiger charge is -2.03. The Morgan fingerprint density at radius 3 is 2.85 bits per heavy atom. The van der Waals surface area contributed by atoms with Gasteiger partial charge in [-0.3, -0.25) is 0 Å². The van der Waals surface area contributed by atoms with Gasteiger partial charge in [0.1, 0.15) is 0 Å². The average Bonchev–Trinajstić information content (AvgIpc) is 3.07. The van der Waals surface area contributed by atoms with Gasteiger partial charge < -0.3 is 5.73 Å². The second-order valence-corrected chi connectivity index (χ2v) is 4.97. The summed E-state index contributed by atoms with van der Waals surface area (Å²) in [6, 6.07) is 10.0. The second kappa shape index (κ2) is 5.70. The number of nitrogen functional groups attached to an aromatic ring is 1. The van der Waals surface area contributed by atoms with Crippen molar-refractivity contribution in [2.45, 2.75) is 17.5 Å². The molecule has 102 valence electrons. The van der Waals surface area contributed by atoms with E-state index in [4.69, 9.17) is 5.73 Å². The number of nitrogens with zero attached hydrogens (tertiary/aromatic N) is 6. The third-order valence-electron chi connectivity index (χ3n) is 2.59. The lowest BCUT2D eigenvalue weighted by atomic mass is 10.2. The fraction of sp³-hybridized carbons (Fsp3) is 0.182. The van der Waals surface area contributed by atoms with Crippen molar-refractivity contribution in [2.75, 3.05) is 5.73 Å². The van der Waals surface area contributed by atoms with Gasteiger partial charge in [-0.25, -0.2) is 9.78 Å². The van der Waals surface area contributed by atoms with Crippen LogP contribution in [0.3, 0.4) is 0 Å². The van der Waals surface area contributed by atoms with E-state index in [1.54, 1.807) is 4.68 Å². The highest BCUT2D eigenvalue weighted by atomic mass is 32.2. The van der Waals surface area contributed by atoms with Crippen LogP contribution < -0.4 is 5.73 Å². The van der Waals surface area contributed by atoms with Crippen molar-refractivity contribution in [2.24, 2.45) is 0 Å². The highest BCUT2D eigenvalue weighted by Crippen LogP contribution is 2.18. The fourth-order valence-electron chi connectivity index (χ4n) is 1.66. The van der Waals surface area contributed by atoms with E-state index in [1.165, 1.54) is 11.8 Å². The first-order valence-electron chi connectivity index (χ1n) is 5.91. The van der Waals surface area contributed by atoms with Gasteiger partial charge in [-0.1, -0.05) is 42.1 Å². The molecular formula is C11H12N8S. The molecule has 3 rings (SSSR count). The van der Waals surface area contributed by atoms with Crippen LogP contribution in [-0.2, 0) is 12.3 Å². The first-order valence-corrected chi connectivity index (χ1v) is 6.89. The van der Waals surface area contributed by atoms with Gasteiger partial charge in [-0.2, -0.15) is 4.98 Å². The van der Waals surface area contributed by atoms with Crippen molar-refractivity contribution in [3.8, 4) is 0 Å². The third-order valence-corrected chi connectivity index (χ3v) is 3.44. The molecule has 0 amide bonds. The van der Waals surface area contributed by atoms with Crippen LogP contribution in [-0.4, -0.2) is 35.4 Å². The number of anilines is 1. The molecule has 0 atom stereocenters. The summed E-state index contributed by atoms with van der Waals surface area (Å²) in [7, 11) is 0. The summed E-state index contributed by atoms with van der Waals surface area (Å²) in [6.07, 6.45) is 0. The second-order valence-electron chi connectivity index (χ2n) is 4.03. The molecular weight excluding hydrogens is 276 g/mol. The Morgan fingerprint density at radius 1 is 1.25 bits per heavy atom. The van der Waals surface area contributed by atoms with E-state index in [9.17, 15) is 0 Å². The molecule has 0 unspecified atom stereocenters. The molecule has 8 nitrogen and oxygen atoms in total. The molecule has 3 N–H and O–H groups in total. The molecule has 0 fully saturated rings. The van der Waals surface area contributed by atoms with Crippen LogP contribution in [0.2, 0.25) is 0 Å². The maximum atomic E-state index is 5.47. The van der Waals surface area contributed by atoms with Gasteiger partial charge in [0.25, 0.3) is 0 Å². The molecule has 0 saturated carbocycles. The van der Waals surface area contributed by atoms with Gasteiger partial charge in [0.05, 0.1) is 12.3 Å². The summed E-state index contributed by atoms with van der Waals surface area (Å²) < 4.78 is 1.76. The van der Waals surface area contributed by atoms with Gasteiger partial charge in [0.15, 0.2) is 5.82 Å². The zero-order valence-electron chi connectivity index (χ0n) is 10.5. The van der Waals surface area contributed by atoms with Crippen LogP contribution in [0.15, 0.2) is 35.5 Å². The standard InChI is InChI=1S/C11H12N8S/c12-10-13-11(16-15-10)20-7-9-14-17-18-19(9)6-8-4-2-1-3-5-8/h1-5H,6-7H2,(H3,12,13,15,16). The monoisotopic (exact) mass is 288 g/mol. The van der Waals surface area contributed by atoms with Crippen LogP contribution in [0.5, 0.6) is 0 Å². The zero-order chi connectivity index (χ0) is 13.8. The minimum Gasteiger partial charge on any atom is -0.368 e. The maximum absolute atomic E-state index is 5.47. The summed E-state index contributed by atoms with van der Waals surface area (Å²) in [6.45, 7) is 0.639. The first kappa shape index (κ1) is 12.6. The lowest BCUT2D eigenvalue weighted by Crippen LogP contribution is -2.06. The predicted octanol–water partition coefficient (Wildman–Crippen LogP) is 0.714. The SMILES string of the molecule is Nc1nc(SCc2nnnn2Cc2ccccc2)n[nH]1. The van der Waals surface area contributed by atoms with Crippen molar-refractivity contribution in [1.29, 1.82) is 0 Å². The molecule has 0 aliphatic rings. The number of hydrogen-bond acceptors (Lipinski definition) is 7. The summed E-state index contributed by atoms with van der Waals surface area (Å²) >= 11 is 1.43. The number of nitrogens with one attached hydrogen (secondary N) is 1. The van der Waals surface area contributed by atoms with E-state index in [-0.39, 0.29) is 0 Å². The molecule has 0 radical (unpaired) electrons. The van der Waals surface area contributed by atoms with Crippen molar-refractivity contribution in [3.05, 3.63) is 41.7 Å². The molecule has 2 aromatic heterocycles. The van der Waals surface area contributed by atoms with E-state index in [0.29, 0.717) is 23.4 Å². The average molecular weight is 288 g/mol. The van der Waals surface area contributed by atoms with Crippen LogP contribution in [0.4, 0.5) is 5.95 Å². The van der Waals surface area contributed by atoms with E-state index in [0.717, 1.165) is 11.4 Å². The predicted molar refractivity (Wildman–Crippen MR) is 73.7 cm³/mol. The Labute approximate surface area is 118 Å². The minimum absolute atomic E-state index is 0.302. The fourth-order valence-corrected chi connectivity index (χ4v) is 2.40. The number of tetrazole rings is 1. The van der Waals surface area contributed by atoms with E-state index in [1.807, 2.05) is 30.3 Å². The number of thioether (sulfide) groups is 1. The Kier molecular flexibility index (Phi) is 3.59. The Bertz CT molecular complexity index is 677. The number of H-pyrrole nitrogens is 1. The quantitative estimate of drug-likeness (QED) is 0.665. The summed E-state index contributed by atoms with van der Waals surface area (Å²) in [5, 5.41) is 18.9. The number of aromatic nitrogens is 7. The number of aromatic amines is 1. The molecule has 0 spiro atoms. The van der Waals surface area contributed by atoms with Gasteiger partial charge >= 0.3 is 0 Å². The topological polar surface area (TPSA) is 111 Å². The Morgan fingerprint density at radius 2 is 2.10 bits per heavy atom. The number of rotatable bonds is 5. The molecule has 0 saturated heterocycles. The first-order chi connectivity index (χ1) is 9.81. The van der Waals surface area contributed by atoms with E-state index in [2.05, 4.69) is 30.7 Å². The molecule has 0 aliphatic carbocycles. The van der Waals surface area contributed by atoms with E-state index >= 15 is 0 Å². The third kappa shape index (κ3) is 2.94. The molecule has 0 bridgehead atoms. The van der Waals surface area contributed by atoms with Crippen LogP contribution in [0, 0.1) is 0 Å². The number of hydrogen-bond donors (Lipinski definition) is 2. The van der Waals surface area contributed by atoms with Gasteiger partial charge in [0, 0.05) is 0 Å². The smallest absolute Gasteiger partial charge is 0.216 e. The van der Waals surface area contributed by atoms with Gasteiger partial charge in [0.2, 0.25) is 11.1 Å². The normalized spacial score (nSPS) is 10.8. The molecule has 20 heavy (non-hydrogen) atoms. The minimum atomic E-state index is 0.302. The Balaban J connectivity index is 1.67. The summed E-state index contributed by atoms with van der Waals surface area (Å²) in [5.41, 5.74) is 6.62. The van der Waals surface area contributed by atoms with Crippen molar-refractivity contribution >= 4 is 17.7 Å². The Hall–Kier alpha value is -2.42. The largest absolute Gasteiger partial charge is 0.368 e. The maximum Gasteiger partial charge on any atom is 0.216 e. The van der Waals surface area contributed by atoms with Crippen molar-refractivity contribution in [1.82, 2.24) is 35.4 Å². The molecule has 0 aliphatic heterocycles. The summed E-state index contributed by atoms with van der Waals surface area (Å²) in [5.74, 6) is 1.65. The molecule has 3 aromatic rings. The van der Waals surface area contributed by atoms with Crippen LogP contribution >= 0.6 is 11.8 Å².